The number of nitrogens with zero attached hydrogens (tertiary/aromatic N) is 1. The van der Waals surface area contributed by atoms with Crippen LogP contribution < -0.4 is 10.6 Å². The van der Waals surface area contributed by atoms with Crippen LogP contribution >= 0.6 is 0 Å². The maximum Gasteiger partial charge on any atom is 0.317 e. The van der Waals surface area contributed by atoms with Crippen molar-refractivity contribution >= 4 is 11.9 Å². The van der Waals surface area contributed by atoms with Gasteiger partial charge in [0, 0.05) is 31.7 Å². The topological polar surface area (TPSA) is 61.4 Å². The van der Waals surface area contributed by atoms with E-state index in [2.05, 4.69) is 10.6 Å². The molecular formula is C18H27N3O2. The molecule has 3 amide bonds. The molecule has 0 atom stereocenters. The molecule has 0 radical (unpaired) electrons. The smallest absolute Gasteiger partial charge is 0.317 e. The Balaban J connectivity index is 1.82. The highest BCUT2D eigenvalue weighted by molar-refractivity contribution is 5.94. The number of amides is 3. The molecule has 1 saturated heterocycles. The molecule has 126 valence electrons. The zero-order valence-corrected chi connectivity index (χ0v) is 14.1. The van der Waals surface area contributed by atoms with Gasteiger partial charge in [-0.25, -0.2) is 4.79 Å². The van der Waals surface area contributed by atoms with Gasteiger partial charge in [-0.2, -0.15) is 0 Å². The molecule has 2 rings (SSSR count). The van der Waals surface area contributed by atoms with Crippen LogP contribution in [0.15, 0.2) is 24.3 Å². The van der Waals surface area contributed by atoms with E-state index in [1.165, 1.54) is 5.56 Å². The van der Waals surface area contributed by atoms with Crippen LogP contribution in [0.2, 0.25) is 0 Å². The molecule has 23 heavy (non-hydrogen) atoms. The van der Waals surface area contributed by atoms with Crippen molar-refractivity contribution in [2.75, 3.05) is 26.2 Å². The van der Waals surface area contributed by atoms with Crippen LogP contribution in [0.25, 0.3) is 0 Å². The number of nitrogens with one attached hydrogen (secondary N) is 2. The minimum absolute atomic E-state index is 0.0192. The van der Waals surface area contributed by atoms with Crippen molar-refractivity contribution in [2.24, 2.45) is 5.92 Å². The van der Waals surface area contributed by atoms with E-state index in [0.717, 1.165) is 32.4 Å². The van der Waals surface area contributed by atoms with Crippen LogP contribution in [0.1, 0.15) is 42.6 Å². The quantitative estimate of drug-likeness (QED) is 0.876. The molecule has 1 fully saturated rings. The van der Waals surface area contributed by atoms with Crippen molar-refractivity contribution in [1.29, 1.82) is 0 Å². The molecule has 1 aromatic rings. The molecule has 0 bridgehead atoms. The summed E-state index contributed by atoms with van der Waals surface area (Å²) < 4.78 is 0. The molecule has 1 aliphatic rings. The van der Waals surface area contributed by atoms with Gasteiger partial charge < -0.3 is 15.5 Å². The summed E-state index contributed by atoms with van der Waals surface area (Å²) in [7, 11) is 0. The van der Waals surface area contributed by atoms with Gasteiger partial charge in [0.25, 0.3) is 5.91 Å². The fourth-order valence-electron chi connectivity index (χ4n) is 2.99. The number of urea groups is 1. The summed E-state index contributed by atoms with van der Waals surface area (Å²) in [5.74, 6) is 0.588. The van der Waals surface area contributed by atoms with E-state index in [1.54, 1.807) is 0 Å². The van der Waals surface area contributed by atoms with Gasteiger partial charge in [-0.15, -0.1) is 0 Å². The van der Waals surface area contributed by atoms with Crippen LogP contribution in [0.5, 0.6) is 0 Å². The SMILES string of the molecule is CCNC(=O)c1ccc(CC2CCN(C(=O)NCC)CC2)cc1. The molecule has 1 aromatic carbocycles. The van der Waals surface area contributed by atoms with Crippen molar-refractivity contribution in [1.82, 2.24) is 15.5 Å². The molecule has 0 aliphatic carbocycles. The number of carbonyl (C=O) groups excluding carboxylic acids is 2. The molecule has 2 N–H and O–H groups in total. The van der Waals surface area contributed by atoms with Gasteiger partial charge in [0.15, 0.2) is 0 Å². The Labute approximate surface area is 138 Å². The van der Waals surface area contributed by atoms with Crippen LogP contribution in [0.4, 0.5) is 4.79 Å². The van der Waals surface area contributed by atoms with Gasteiger partial charge in [-0.1, -0.05) is 12.1 Å². The Morgan fingerprint density at radius 2 is 1.65 bits per heavy atom. The lowest BCUT2D eigenvalue weighted by Crippen LogP contribution is -2.44. The van der Waals surface area contributed by atoms with Crippen molar-refractivity contribution < 1.29 is 9.59 Å². The second-order valence-corrected chi connectivity index (χ2v) is 6.03. The summed E-state index contributed by atoms with van der Waals surface area (Å²) in [6.45, 7) is 6.83. The van der Waals surface area contributed by atoms with Crippen molar-refractivity contribution in [3.05, 3.63) is 35.4 Å². The Hall–Kier alpha value is -2.04. The zero-order valence-electron chi connectivity index (χ0n) is 14.1. The molecule has 0 unspecified atom stereocenters. The Morgan fingerprint density at radius 3 is 2.22 bits per heavy atom. The standard InChI is InChI=1S/C18H27N3O2/c1-3-19-17(22)16-7-5-14(6-8-16)13-15-9-11-21(12-10-15)18(23)20-4-2/h5-8,15H,3-4,9-13H2,1-2H3,(H,19,22)(H,20,23). The predicted octanol–water partition coefficient (Wildman–Crippen LogP) is 2.42. The maximum atomic E-state index is 11.8. The van der Waals surface area contributed by atoms with E-state index >= 15 is 0 Å². The van der Waals surface area contributed by atoms with Crippen LogP contribution in [-0.2, 0) is 6.42 Å². The second kappa shape index (κ2) is 8.56. The Morgan fingerprint density at radius 1 is 1.04 bits per heavy atom. The lowest BCUT2D eigenvalue weighted by molar-refractivity contribution is 0.0956. The summed E-state index contributed by atoms with van der Waals surface area (Å²) in [5.41, 5.74) is 1.97. The minimum Gasteiger partial charge on any atom is -0.352 e. The second-order valence-electron chi connectivity index (χ2n) is 6.03. The zero-order chi connectivity index (χ0) is 16.7. The molecule has 5 nitrogen and oxygen atoms in total. The van der Waals surface area contributed by atoms with Crippen molar-refractivity contribution in [2.45, 2.75) is 33.1 Å². The molecule has 0 saturated carbocycles. The summed E-state index contributed by atoms with van der Waals surface area (Å²) in [6.07, 6.45) is 3.09. The van der Waals surface area contributed by atoms with Gasteiger partial charge in [0.2, 0.25) is 0 Å². The van der Waals surface area contributed by atoms with Gasteiger partial charge >= 0.3 is 6.03 Å². The molecule has 5 heteroatoms. The first-order valence-electron chi connectivity index (χ1n) is 8.54. The first kappa shape index (κ1) is 17.3. The lowest BCUT2D eigenvalue weighted by Gasteiger charge is -2.32. The summed E-state index contributed by atoms with van der Waals surface area (Å²) >= 11 is 0. The van der Waals surface area contributed by atoms with Gasteiger partial charge in [0.05, 0.1) is 0 Å². The first-order valence-corrected chi connectivity index (χ1v) is 8.54. The van der Waals surface area contributed by atoms with E-state index in [9.17, 15) is 9.59 Å². The summed E-state index contributed by atoms with van der Waals surface area (Å²) in [5, 5.41) is 5.66. The van der Waals surface area contributed by atoms with Gasteiger partial charge in [-0.05, 0) is 56.7 Å². The Bertz CT molecular complexity index is 520. The third kappa shape index (κ3) is 4.98. The highest BCUT2D eigenvalue weighted by Gasteiger charge is 2.22. The monoisotopic (exact) mass is 317 g/mol. The summed E-state index contributed by atoms with van der Waals surface area (Å²) in [4.78, 5) is 25.4. The third-order valence-corrected chi connectivity index (χ3v) is 4.31. The average molecular weight is 317 g/mol. The number of likely N-dealkylation sites (tertiary alicyclic amines) is 1. The fourth-order valence-corrected chi connectivity index (χ4v) is 2.99. The highest BCUT2D eigenvalue weighted by Crippen LogP contribution is 2.22. The van der Waals surface area contributed by atoms with Crippen molar-refractivity contribution in [3.8, 4) is 0 Å². The number of rotatable bonds is 5. The minimum atomic E-state index is -0.0192. The fraction of sp³-hybridized carbons (Fsp3) is 0.556. The van der Waals surface area contributed by atoms with Crippen LogP contribution in [-0.4, -0.2) is 43.0 Å². The number of carbonyl (C=O) groups is 2. The normalized spacial score (nSPS) is 15.3. The third-order valence-electron chi connectivity index (χ3n) is 4.31. The van der Waals surface area contributed by atoms with Gasteiger partial charge in [-0.3, -0.25) is 4.79 Å². The predicted molar refractivity (Wildman–Crippen MR) is 91.5 cm³/mol. The van der Waals surface area contributed by atoms with Crippen molar-refractivity contribution in [3.63, 3.8) is 0 Å². The highest BCUT2D eigenvalue weighted by atomic mass is 16.2. The van der Waals surface area contributed by atoms with E-state index in [4.69, 9.17) is 0 Å². The van der Waals surface area contributed by atoms with Crippen LogP contribution in [0.3, 0.4) is 0 Å². The van der Waals surface area contributed by atoms with E-state index in [-0.39, 0.29) is 11.9 Å². The summed E-state index contributed by atoms with van der Waals surface area (Å²) in [6, 6.07) is 7.92. The molecule has 1 heterocycles. The average Bonchev–Trinajstić information content (AvgIpc) is 2.56. The van der Waals surface area contributed by atoms with E-state index < -0.39 is 0 Å². The number of benzene rings is 1. The van der Waals surface area contributed by atoms with Crippen LogP contribution in [0, 0.1) is 5.92 Å². The van der Waals surface area contributed by atoms with E-state index in [0.29, 0.717) is 24.6 Å². The Kier molecular flexibility index (Phi) is 6.44. The molecule has 0 aromatic heterocycles. The number of hydrogen-bond acceptors (Lipinski definition) is 2. The molecular weight excluding hydrogens is 290 g/mol. The maximum absolute atomic E-state index is 11.8. The molecule has 1 aliphatic heterocycles. The largest absolute Gasteiger partial charge is 0.352 e. The number of hydrogen-bond donors (Lipinski definition) is 2. The molecule has 0 spiro atoms. The van der Waals surface area contributed by atoms with Gasteiger partial charge in [0.1, 0.15) is 0 Å². The number of piperidine rings is 1. The lowest BCUT2D eigenvalue weighted by atomic mass is 9.90. The first-order chi connectivity index (χ1) is 11.1. The van der Waals surface area contributed by atoms with E-state index in [1.807, 2.05) is 43.0 Å².